The Morgan fingerprint density at radius 2 is 1.35 bits per heavy atom. The molecular formula is C30H38NO5P. The molecule has 0 saturated heterocycles. The van der Waals surface area contributed by atoms with Crippen LogP contribution in [0.1, 0.15) is 58.7 Å². The summed E-state index contributed by atoms with van der Waals surface area (Å²) < 4.78 is 32.7. The minimum atomic E-state index is -3.98. The van der Waals surface area contributed by atoms with Crippen LogP contribution in [0.15, 0.2) is 54.6 Å². The fourth-order valence-corrected chi connectivity index (χ4v) is 6.15. The Morgan fingerprint density at radius 3 is 1.84 bits per heavy atom. The largest absolute Gasteiger partial charge is 0.453 e. The van der Waals surface area contributed by atoms with Gasteiger partial charge < -0.3 is 19.1 Å². The number of alkyl carbamates (subject to hydrolysis) is 1. The van der Waals surface area contributed by atoms with E-state index in [4.69, 9.17) is 13.8 Å². The summed E-state index contributed by atoms with van der Waals surface area (Å²) in [6.45, 7) is 13.8. The van der Waals surface area contributed by atoms with E-state index in [0.29, 0.717) is 24.3 Å². The number of hydrogen-bond acceptors (Lipinski definition) is 5. The Morgan fingerprint density at radius 1 is 0.838 bits per heavy atom. The Hall–Kier alpha value is -3.24. The highest BCUT2D eigenvalue weighted by atomic mass is 31.2. The molecule has 0 aliphatic rings. The van der Waals surface area contributed by atoms with Crippen molar-refractivity contribution in [3.05, 3.63) is 93.5 Å². The molecule has 0 spiro atoms. The third kappa shape index (κ3) is 7.39. The number of nitrogens with one attached hydrogen (secondary N) is 1. The molecular weight excluding hydrogens is 485 g/mol. The summed E-state index contributed by atoms with van der Waals surface area (Å²) in [4.78, 5) is 12.8. The summed E-state index contributed by atoms with van der Waals surface area (Å²) in [7, 11) is -3.98. The molecule has 37 heavy (non-hydrogen) atoms. The first-order chi connectivity index (χ1) is 17.5. The van der Waals surface area contributed by atoms with Gasteiger partial charge in [0.1, 0.15) is 18.1 Å². The summed E-state index contributed by atoms with van der Waals surface area (Å²) in [5, 5.41) is 2.79. The second-order valence-electron chi connectivity index (χ2n) is 9.64. The molecule has 1 amide bonds. The minimum absolute atomic E-state index is 0.101. The number of ether oxygens (including phenoxy) is 1. The van der Waals surface area contributed by atoms with E-state index in [-0.39, 0.29) is 6.61 Å². The molecule has 1 N–H and O–H groups in total. The zero-order valence-corrected chi connectivity index (χ0v) is 23.8. The summed E-state index contributed by atoms with van der Waals surface area (Å²) in [6, 6.07) is 17.2. The van der Waals surface area contributed by atoms with Crippen molar-refractivity contribution in [2.45, 2.75) is 73.7 Å². The molecule has 0 aliphatic carbocycles. The second-order valence-corrected chi connectivity index (χ2v) is 11.7. The van der Waals surface area contributed by atoms with Crippen LogP contribution in [-0.4, -0.2) is 11.9 Å². The zero-order valence-electron chi connectivity index (χ0n) is 22.9. The third-order valence-electron chi connectivity index (χ3n) is 6.42. The van der Waals surface area contributed by atoms with Gasteiger partial charge in [-0.1, -0.05) is 55.8 Å². The van der Waals surface area contributed by atoms with Crippen LogP contribution in [0.5, 0.6) is 11.5 Å². The fourth-order valence-electron chi connectivity index (χ4n) is 4.09. The molecule has 0 aliphatic heterocycles. The van der Waals surface area contributed by atoms with Crippen molar-refractivity contribution in [1.82, 2.24) is 5.32 Å². The smallest absolute Gasteiger partial charge is 0.445 e. The van der Waals surface area contributed by atoms with Gasteiger partial charge in [0.2, 0.25) is 0 Å². The summed E-state index contributed by atoms with van der Waals surface area (Å²) in [5.41, 5.74) is 6.60. The maximum absolute atomic E-state index is 14.7. The number of rotatable bonds is 10. The third-order valence-corrected chi connectivity index (χ3v) is 8.47. The lowest BCUT2D eigenvalue weighted by Gasteiger charge is -2.29. The van der Waals surface area contributed by atoms with Gasteiger partial charge >= 0.3 is 13.7 Å². The molecule has 0 fully saturated rings. The number of carbonyl (C=O) groups is 1. The van der Waals surface area contributed by atoms with Crippen LogP contribution in [0.2, 0.25) is 0 Å². The van der Waals surface area contributed by atoms with E-state index in [2.05, 4.69) is 5.32 Å². The Bertz CT molecular complexity index is 1230. The highest BCUT2D eigenvalue weighted by Crippen LogP contribution is 2.55. The number of benzene rings is 3. The molecule has 3 aromatic carbocycles. The molecule has 0 saturated carbocycles. The van der Waals surface area contributed by atoms with Gasteiger partial charge in [-0.3, -0.25) is 0 Å². The molecule has 0 unspecified atom stereocenters. The average Bonchev–Trinajstić information content (AvgIpc) is 2.84. The Kier molecular flexibility index (Phi) is 9.45. The van der Waals surface area contributed by atoms with Crippen LogP contribution in [0.4, 0.5) is 4.79 Å². The minimum Gasteiger partial charge on any atom is -0.445 e. The lowest BCUT2D eigenvalue weighted by Crippen LogP contribution is -2.37. The van der Waals surface area contributed by atoms with Crippen LogP contribution >= 0.6 is 7.60 Å². The number of hydrogen-bond donors (Lipinski definition) is 1. The van der Waals surface area contributed by atoms with Crippen LogP contribution in [0, 0.1) is 41.5 Å². The average molecular weight is 524 g/mol. The fraction of sp³-hybridized carbons (Fsp3) is 0.367. The van der Waals surface area contributed by atoms with Gasteiger partial charge in [0.05, 0.1) is 0 Å². The molecule has 7 heteroatoms. The highest BCUT2D eigenvalue weighted by molar-refractivity contribution is 7.55. The molecule has 3 rings (SSSR count). The molecule has 0 bridgehead atoms. The molecule has 6 nitrogen and oxygen atoms in total. The summed E-state index contributed by atoms with van der Waals surface area (Å²) >= 11 is 0. The second kappa shape index (κ2) is 12.3. The van der Waals surface area contributed by atoms with E-state index in [1.807, 2.05) is 103 Å². The van der Waals surface area contributed by atoms with E-state index in [1.165, 1.54) is 0 Å². The van der Waals surface area contributed by atoms with Crippen molar-refractivity contribution in [3.8, 4) is 11.5 Å². The van der Waals surface area contributed by atoms with Crippen molar-refractivity contribution >= 4 is 13.7 Å². The first kappa shape index (κ1) is 28.3. The van der Waals surface area contributed by atoms with E-state index in [9.17, 15) is 9.36 Å². The van der Waals surface area contributed by atoms with Crippen molar-refractivity contribution < 1.29 is 23.1 Å². The van der Waals surface area contributed by atoms with Crippen LogP contribution in [-0.2, 0) is 15.9 Å². The van der Waals surface area contributed by atoms with Crippen LogP contribution in [0.3, 0.4) is 0 Å². The molecule has 0 radical (unpaired) electrons. The van der Waals surface area contributed by atoms with E-state index >= 15 is 0 Å². The van der Waals surface area contributed by atoms with Gasteiger partial charge in [-0.25, -0.2) is 9.36 Å². The highest BCUT2D eigenvalue weighted by Gasteiger charge is 2.41. The predicted molar refractivity (Wildman–Crippen MR) is 149 cm³/mol. The normalized spacial score (nSPS) is 12.1. The topological polar surface area (TPSA) is 73.9 Å². The molecule has 3 aromatic rings. The monoisotopic (exact) mass is 523 g/mol. The van der Waals surface area contributed by atoms with Crippen molar-refractivity contribution in [3.63, 3.8) is 0 Å². The van der Waals surface area contributed by atoms with Crippen molar-refractivity contribution in [1.29, 1.82) is 0 Å². The quantitative estimate of drug-likeness (QED) is 0.271. The Balaban J connectivity index is 1.97. The van der Waals surface area contributed by atoms with Gasteiger partial charge in [-0.2, -0.15) is 0 Å². The number of carbonyl (C=O) groups excluding carboxylic acids is 1. The molecule has 1 atom stereocenters. The van der Waals surface area contributed by atoms with Crippen molar-refractivity contribution in [2.24, 2.45) is 0 Å². The maximum atomic E-state index is 14.7. The predicted octanol–water partition coefficient (Wildman–Crippen LogP) is 8.24. The Labute approximate surface area is 220 Å². The van der Waals surface area contributed by atoms with Crippen molar-refractivity contribution in [2.75, 3.05) is 0 Å². The summed E-state index contributed by atoms with van der Waals surface area (Å²) in [6.07, 6.45) is 0.354. The first-order valence-corrected chi connectivity index (χ1v) is 14.3. The van der Waals surface area contributed by atoms with Gasteiger partial charge in [0, 0.05) is 0 Å². The van der Waals surface area contributed by atoms with Gasteiger partial charge in [-0.15, -0.1) is 0 Å². The number of amides is 1. The summed E-state index contributed by atoms with van der Waals surface area (Å²) in [5.74, 6) is 0.0352. The van der Waals surface area contributed by atoms with Gasteiger partial charge in [0.25, 0.3) is 0 Å². The first-order valence-electron chi connectivity index (χ1n) is 12.6. The standard InChI is InChI=1S/C30H38NO5P/c1-8-12-29(31-30(32)34-19-26-13-10-9-11-14-26)37(33,35-27-17-20(2)15-22(4)24(27)6)36-28-18-21(3)16-23(5)25(28)7/h9-11,13-18,29H,8,12,19H2,1-7H3,(H,31,32)/t29-/m0/s1. The van der Waals surface area contributed by atoms with E-state index in [1.54, 1.807) is 0 Å². The molecule has 0 heterocycles. The van der Waals surface area contributed by atoms with Gasteiger partial charge in [0.15, 0.2) is 5.78 Å². The van der Waals surface area contributed by atoms with Crippen LogP contribution < -0.4 is 14.4 Å². The number of aryl methyl sites for hydroxylation is 4. The van der Waals surface area contributed by atoms with E-state index in [0.717, 1.165) is 38.9 Å². The van der Waals surface area contributed by atoms with Gasteiger partial charge in [-0.05, 0) is 99.0 Å². The molecule has 198 valence electrons. The van der Waals surface area contributed by atoms with Crippen LogP contribution in [0.25, 0.3) is 0 Å². The maximum Gasteiger partial charge on any atom is 0.453 e. The lowest BCUT2D eigenvalue weighted by molar-refractivity contribution is 0.137. The molecule has 0 aromatic heterocycles. The lowest BCUT2D eigenvalue weighted by atomic mass is 10.1. The zero-order chi connectivity index (χ0) is 27.2. The van der Waals surface area contributed by atoms with E-state index < -0.39 is 19.5 Å². The SMILES string of the molecule is CCC[C@@H](NC(=O)OCc1ccccc1)P(=O)(Oc1cc(C)cc(C)c1C)Oc1cc(C)cc(C)c1C.